The summed E-state index contributed by atoms with van der Waals surface area (Å²) in [6.07, 6.45) is 5.32. The van der Waals surface area contributed by atoms with Gasteiger partial charge in [-0.05, 0) is 38.8 Å². The van der Waals surface area contributed by atoms with E-state index >= 15 is 0 Å². The zero-order chi connectivity index (χ0) is 10.5. The number of carbonyl (C=O) groups is 1. The van der Waals surface area contributed by atoms with Crippen molar-refractivity contribution in [1.29, 1.82) is 0 Å². The fourth-order valence-electron chi connectivity index (χ4n) is 3.04. The number of nitrogens with two attached hydrogens (primary N) is 1. The highest BCUT2D eigenvalue weighted by Gasteiger charge is 2.47. The molecule has 0 atom stereocenters. The van der Waals surface area contributed by atoms with Gasteiger partial charge in [-0.15, -0.1) is 0 Å². The Balaban J connectivity index is 1.52. The number of nitrogens with zero attached hydrogens (tertiary/aromatic N) is 2. The standard InChI is InChI=1S/C11H19N3O/c12-10(15)14-7-11(8-14)3-5-13(6-4-11)9-1-2-9/h9H,1-8H2,(H2,12,15). The van der Waals surface area contributed by atoms with E-state index in [0.29, 0.717) is 5.41 Å². The third-order valence-electron chi connectivity index (χ3n) is 4.29. The van der Waals surface area contributed by atoms with Crippen LogP contribution in [0.5, 0.6) is 0 Å². The molecular formula is C11H19N3O. The lowest BCUT2D eigenvalue weighted by Crippen LogP contribution is -2.63. The molecule has 4 nitrogen and oxygen atoms in total. The number of hydrogen-bond acceptors (Lipinski definition) is 2. The molecule has 4 heteroatoms. The van der Waals surface area contributed by atoms with E-state index < -0.39 is 0 Å². The first-order chi connectivity index (χ1) is 7.19. The van der Waals surface area contributed by atoms with E-state index in [9.17, 15) is 4.79 Å². The monoisotopic (exact) mass is 209 g/mol. The van der Waals surface area contributed by atoms with Crippen molar-refractivity contribution in [3.63, 3.8) is 0 Å². The van der Waals surface area contributed by atoms with Gasteiger partial charge < -0.3 is 15.5 Å². The second kappa shape index (κ2) is 3.11. The molecule has 1 saturated carbocycles. The largest absolute Gasteiger partial charge is 0.351 e. The van der Waals surface area contributed by atoms with E-state index in [-0.39, 0.29) is 6.03 Å². The maximum absolute atomic E-state index is 10.9. The zero-order valence-corrected chi connectivity index (χ0v) is 9.11. The van der Waals surface area contributed by atoms with Crippen LogP contribution in [-0.2, 0) is 0 Å². The first-order valence-electron chi connectivity index (χ1n) is 5.97. The Hall–Kier alpha value is -0.770. The number of primary amides is 1. The summed E-state index contributed by atoms with van der Waals surface area (Å²) in [5.41, 5.74) is 5.68. The van der Waals surface area contributed by atoms with E-state index in [1.54, 1.807) is 4.90 Å². The van der Waals surface area contributed by atoms with Crippen LogP contribution in [-0.4, -0.2) is 48.1 Å². The van der Waals surface area contributed by atoms with Crippen molar-refractivity contribution in [3.8, 4) is 0 Å². The Morgan fingerprint density at radius 2 is 1.80 bits per heavy atom. The van der Waals surface area contributed by atoms with Crippen molar-refractivity contribution in [3.05, 3.63) is 0 Å². The van der Waals surface area contributed by atoms with Gasteiger partial charge in [0.25, 0.3) is 0 Å². The second-order valence-electron chi connectivity index (χ2n) is 5.46. The summed E-state index contributed by atoms with van der Waals surface area (Å²) < 4.78 is 0. The first kappa shape index (κ1) is 9.46. The summed E-state index contributed by atoms with van der Waals surface area (Å²) in [6, 6.07) is 0.653. The molecule has 2 aliphatic heterocycles. The molecule has 2 heterocycles. The Bertz CT molecular complexity index is 272. The van der Waals surface area contributed by atoms with Crippen molar-refractivity contribution < 1.29 is 4.79 Å². The van der Waals surface area contributed by atoms with Crippen LogP contribution in [0.15, 0.2) is 0 Å². The van der Waals surface area contributed by atoms with Crippen LogP contribution >= 0.6 is 0 Å². The average Bonchev–Trinajstić information content (AvgIpc) is 2.97. The molecule has 1 aliphatic carbocycles. The fraction of sp³-hybridized carbons (Fsp3) is 0.909. The number of piperidine rings is 1. The van der Waals surface area contributed by atoms with Gasteiger partial charge in [0.15, 0.2) is 0 Å². The normalized spacial score (nSPS) is 30.3. The number of urea groups is 1. The molecule has 84 valence electrons. The number of carbonyl (C=O) groups excluding carboxylic acids is 1. The number of likely N-dealkylation sites (tertiary alicyclic amines) is 2. The highest BCUT2D eigenvalue weighted by molar-refractivity contribution is 5.73. The summed E-state index contributed by atoms with van der Waals surface area (Å²) in [4.78, 5) is 15.3. The molecule has 3 aliphatic rings. The lowest BCUT2D eigenvalue weighted by atomic mass is 9.72. The van der Waals surface area contributed by atoms with Crippen LogP contribution in [0, 0.1) is 5.41 Å². The molecule has 3 fully saturated rings. The summed E-state index contributed by atoms with van der Waals surface area (Å²) in [6.45, 7) is 4.27. The van der Waals surface area contributed by atoms with Gasteiger partial charge in [0, 0.05) is 24.5 Å². The molecule has 3 rings (SSSR count). The van der Waals surface area contributed by atoms with Gasteiger partial charge in [-0.3, -0.25) is 0 Å². The first-order valence-corrected chi connectivity index (χ1v) is 5.97. The highest BCUT2D eigenvalue weighted by Crippen LogP contribution is 2.42. The van der Waals surface area contributed by atoms with Crippen LogP contribution in [0.1, 0.15) is 25.7 Å². The minimum atomic E-state index is -0.245. The molecule has 2 amide bonds. The second-order valence-corrected chi connectivity index (χ2v) is 5.46. The van der Waals surface area contributed by atoms with Gasteiger partial charge in [0.2, 0.25) is 0 Å². The molecule has 0 aromatic heterocycles. The Morgan fingerprint density at radius 1 is 1.20 bits per heavy atom. The summed E-state index contributed by atoms with van der Waals surface area (Å²) >= 11 is 0. The Kier molecular flexibility index (Phi) is 1.96. The van der Waals surface area contributed by atoms with Crippen molar-refractivity contribution in [2.24, 2.45) is 11.1 Å². The number of rotatable bonds is 1. The van der Waals surface area contributed by atoms with Gasteiger partial charge in [0.1, 0.15) is 0 Å². The zero-order valence-electron chi connectivity index (χ0n) is 9.11. The van der Waals surface area contributed by atoms with Gasteiger partial charge in [-0.1, -0.05) is 0 Å². The maximum Gasteiger partial charge on any atom is 0.314 e. The van der Waals surface area contributed by atoms with Crippen LogP contribution < -0.4 is 5.73 Å². The van der Waals surface area contributed by atoms with Gasteiger partial charge >= 0.3 is 6.03 Å². The van der Waals surface area contributed by atoms with Crippen LogP contribution in [0.25, 0.3) is 0 Å². The third kappa shape index (κ3) is 1.61. The minimum Gasteiger partial charge on any atom is -0.351 e. The summed E-state index contributed by atoms with van der Waals surface area (Å²) in [5.74, 6) is 0. The molecule has 0 bridgehead atoms. The molecule has 15 heavy (non-hydrogen) atoms. The highest BCUT2D eigenvalue weighted by atomic mass is 16.2. The Morgan fingerprint density at radius 3 is 2.27 bits per heavy atom. The molecule has 1 spiro atoms. The van der Waals surface area contributed by atoms with Crippen molar-refractivity contribution >= 4 is 6.03 Å². The Labute approximate surface area is 90.4 Å². The third-order valence-corrected chi connectivity index (χ3v) is 4.29. The van der Waals surface area contributed by atoms with Crippen molar-refractivity contribution in [2.75, 3.05) is 26.2 Å². The smallest absolute Gasteiger partial charge is 0.314 e. The van der Waals surface area contributed by atoms with E-state index in [2.05, 4.69) is 4.90 Å². The SMILES string of the molecule is NC(=O)N1CC2(CCN(C3CC3)CC2)C1. The lowest BCUT2D eigenvalue weighted by molar-refractivity contribution is -0.0211. The van der Waals surface area contributed by atoms with Gasteiger partial charge in [0.05, 0.1) is 0 Å². The average molecular weight is 209 g/mol. The van der Waals surface area contributed by atoms with Gasteiger partial charge in [-0.2, -0.15) is 0 Å². The molecule has 0 aromatic rings. The minimum absolute atomic E-state index is 0.245. The predicted octanol–water partition coefficient (Wildman–Crippen LogP) is 0.625. The number of amides is 2. The predicted molar refractivity (Wildman–Crippen MR) is 57.4 cm³/mol. The summed E-state index contributed by atoms with van der Waals surface area (Å²) in [5, 5.41) is 0. The van der Waals surface area contributed by atoms with Crippen molar-refractivity contribution in [1.82, 2.24) is 9.80 Å². The molecule has 2 saturated heterocycles. The molecule has 0 unspecified atom stereocenters. The lowest BCUT2D eigenvalue weighted by Gasteiger charge is -2.53. The van der Waals surface area contributed by atoms with Crippen LogP contribution in [0.3, 0.4) is 0 Å². The van der Waals surface area contributed by atoms with E-state index in [4.69, 9.17) is 5.73 Å². The van der Waals surface area contributed by atoms with Gasteiger partial charge in [-0.25, -0.2) is 4.79 Å². The molecule has 0 radical (unpaired) electrons. The van der Waals surface area contributed by atoms with Crippen LogP contribution in [0.4, 0.5) is 4.79 Å². The molecule has 2 N–H and O–H groups in total. The molecular weight excluding hydrogens is 190 g/mol. The maximum atomic E-state index is 10.9. The number of hydrogen-bond donors (Lipinski definition) is 1. The fourth-order valence-corrected chi connectivity index (χ4v) is 3.04. The van der Waals surface area contributed by atoms with E-state index in [0.717, 1.165) is 19.1 Å². The van der Waals surface area contributed by atoms with Crippen LogP contribution in [0.2, 0.25) is 0 Å². The molecule has 0 aromatic carbocycles. The van der Waals surface area contributed by atoms with Crippen molar-refractivity contribution in [2.45, 2.75) is 31.7 Å². The van der Waals surface area contributed by atoms with E-state index in [1.165, 1.54) is 38.8 Å². The quantitative estimate of drug-likeness (QED) is 0.688. The summed E-state index contributed by atoms with van der Waals surface area (Å²) in [7, 11) is 0. The van der Waals surface area contributed by atoms with E-state index in [1.807, 2.05) is 0 Å². The topological polar surface area (TPSA) is 49.6 Å².